The van der Waals surface area contributed by atoms with Crippen LogP contribution in [0.25, 0.3) is 0 Å². The zero-order valence-corrected chi connectivity index (χ0v) is 12.6. The number of nitrogens with one attached hydrogen (secondary N) is 1. The lowest BCUT2D eigenvalue weighted by Crippen LogP contribution is -2.39. The van der Waals surface area contributed by atoms with Gasteiger partial charge in [0, 0.05) is 26.2 Å². The van der Waals surface area contributed by atoms with Gasteiger partial charge >= 0.3 is 0 Å². The van der Waals surface area contributed by atoms with Gasteiger partial charge in [0.25, 0.3) is 5.56 Å². The molecule has 0 unspecified atom stereocenters. The average molecular weight is 278 g/mol. The second kappa shape index (κ2) is 5.75. The SMILES string of the molecule is CC[C@H](C)NC(=O)CN1Cc2nc(C)n(C)c(=O)c2C1. The number of hydrogen-bond donors (Lipinski definition) is 1. The minimum absolute atomic E-state index is 0.000650. The van der Waals surface area contributed by atoms with Gasteiger partial charge in [0.2, 0.25) is 5.91 Å². The molecule has 0 bridgehead atoms. The normalized spacial score (nSPS) is 16.0. The molecular weight excluding hydrogens is 256 g/mol. The average Bonchev–Trinajstić information content (AvgIpc) is 2.78. The summed E-state index contributed by atoms with van der Waals surface area (Å²) in [7, 11) is 1.73. The zero-order valence-electron chi connectivity index (χ0n) is 12.6. The van der Waals surface area contributed by atoms with Crippen molar-refractivity contribution in [1.29, 1.82) is 0 Å². The quantitative estimate of drug-likeness (QED) is 0.861. The molecule has 0 saturated carbocycles. The van der Waals surface area contributed by atoms with Crippen LogP contribution < -0.4 is 10.9 Å². The van der Waals surface area contributed by atoms with Crippen molar-refractivity contribution in [1.82, 2.24) is 19.8 Å². The van der Waals surface area contributed by atoms with E-state index in [4.69, 9.17) is 0 Å². The molecule has 0 saturated heterocycles. The highest BCUT2D eigenvalue weighted by molar-refractivity contribution is 5.78. The Morgan fingerprint density at radius 2 is 2.15 bits per heavy atom. The summed E-state index contributed by atoms with van der Waals surface area (Å²) in [4.78, 5) is 30.4. The van der Waals surface area contributed by atoms with Gasteiger partial charge < -0.3 is 5.32 Å². The van der Waals surface area contributed by atoms with Crippen molar-refractivity contribution in [3.05, 3.63) is 27.4 Å². The van der Waals surface area contributed by atoms with Crippen molar-refractivity contribution in [2.45, 2.75) is 46.3 Å². The Balaban J connectivity index is 2.05. The number of rotatable bonds is 4. The van der Waals surface area contributed by atoms with Gasteiger partial charge in [0.1, 0.15) is 5.82 Å². The first kappa shape index (κ1) is 14.7. The van der Waals surface area contributed by atoms with Crippen LogP contribution in [-0.4, -0.2) is 32.9 Å². The van der Waals surface area contributed by atoms with Crippen LogP contribution in [-0.2, 0) is 24.9 Å². The highest BCUT2D eigenvalue weighted by atomic mass is 16.2. The highest BCUT2D eigenvalue weighted by Gasteiger charge is 2.26. The minimum Gasteiger partial charge on any atom is -0.353 e. The third-order valence-corrected chi connectivity index (χ3v) is 3.84. The molecule has 6 heteroatoms. The number of nitrogens with zero attached hydrogens (tertiary/aromatic N) is 3. The van der Waals surface area contributed by atoms with E-state index in [1.54, 1.807) is 11.6 Å². The van der Waals surface area contributed by atoms with Crippen molar-refractivity contribution < 1.29 is 4.79 Å². The molecule has 110 valence electrons. The second-order valence-corrected chi connectivity index (χ2v) is 5.47. The number of aromatic nitrogens is 2. The molecule has 1 N–H and O–H groups in total. The third-order valence-electron chi connectivity index (χ3n) is 3.84. The van der Waals surface area contributed by atoms with Gasteiger partial charge in [0.15, 0.2) is 0 Å². The monoisotopic (exact) mass is 278 g/mol. The lowest BCUT2D eigenvalue weighted by molar-refractivity contribution is -0.123. The van der Waals surface area contributed by atoms with Gasteiger partial charge in [-0.1, -0.05) is 6.92 Å². The predicted octanol–water partition coefficient (Wildman–Crippen LogP) is 0.319. The summed E-state index contributed by atoms with van der Waals surface area (Å²) in [6.45, 7) is 7.22. The summed E-state index contributed by atoms with van der Waals surface area (Å²) in [5.74, 6) is 0.709. The van der Waals surface area contributed by atoms with E-state index in [1.807, 2.05) is 25.7 Å². The molecule has 1 aromatic heterocycles. The van der Waals surface area contributed by atoms with Crippen LogP contribution in [0.1, 0.15) is 37.4 Å². The molecule has 20 heavy (non-hydrogen) atoms. The predicted molar refractivity (Wildman–Crippen MR) is 76.2 cm³/mol. The highest BCUT2D eigenvalue weighted by Crippen LogP contribution is 2.17. The fourth-order valence-electron chi connectivity index (χ4n) is 2.33. The molecule has 0 aliphatic carbocycles. The van der Waals surface area contributed by atoms with E-state index in [9.17, 15) is 9.59 Å². The van der Waals surface area contributed by atoms with Crippen LogP contribution in [0.5, 0.6) is 0 Å². The topological polar surface area (TPSA) is 67.2 Å². The first-order chi connectivity index (χ1) is 9.42. The van der Waals surface area contributed by atoms with E-state index in [0.29, 0.717) is 25.5 Å². The van der Waals surface area contributed by atoms with Crippen LogP contribution in [0.15, 0.2) is 4.79 Å². The molecule has 6 nitrogen and oxygen atoms in total. The van der Waals surface area contributed by atoms with Crippen molar-refractivity contribution in [3.63, 3.8) is 0 Å². The summed E-state index contributed by atoms with van der Waals surface area (Å²) < 4.78 is 1.56. The molecule has 1 atom stereocenters. The van der Waals surface area contributed by atoms with Crippen LogP contribution >= 0.6 is 0 Å². The molecule has 1 aliphatic heterocycles. The van der Waals surface area contributed by atoms with Crippen LogP contribution in [0.3, 0.4) is 0 Å². The van der Waals surface area contributed by atoms with Gasteiger partial charge in [-0.25, -0.2) is 4.98 Å². The van der Waals surface area contributed by atoms with Crippen molar-refractivity contribution in [2.24, 2.45) is 7.05 Å². The lowest BCUT2D eigenvalue weighted by Gasteiger charge is -2.16. The third kappa shape index (κ3) is 2.90. The van der Waals surface area contributed by atoms with Gasteiger partial charge in [-0.05, 0) is 20.3 Å². The van der Waals surface area contributed by atoms with Gasteiger partial charge in [-0.2, -0.15) is 0 Å². The standard InChI is InChI=1S/C14H22N4O2/c1-5-9(2)15-13(19)8-18-6-11-12(7-18)16-10(3)17(4)14(11)20/h9H,5-8H2,1-4H3,(H,15,19)/t9-/m0/s1. The molecule has 0 fully saturated rings. The number of fused-ring (bicyclic) bond motifs is 1. The maximum absolute atomic E-state index is 12.1. The zero-order chi connectivity index (χ0) is 14.9. The van der Waals surface area contributed by atoms with Crippen molar-refractivity contribution in [3.8, 4) is 0 Å². The summed E-state index contributed by atoms with van der Waals surface area (Å²) in [5.41, 5.74) is 1.52. The van der Waals surface area contributed by atoms with E-state index < -0.39 is 0 Å². The largest absolute Gasteiger partial charge is 0.353 e. The fraction of sp³-hybridized carbons (Fsp3) is 0.643. The number of hydrogen-bond acceptors (Lipinski definition) is 4. The minimum atomic E-state index is -0.00247. The van der Waals surface area contributed by atoms with E-state index >= 15 is 0 Å². The summed E-state index contributed by atoms with van der Waals surface area (Å²) in [5, 5.41) is 2.94. The van der Waals surface area contributed by atoms with E-state index in [-0.39, 0.29) is 17.5 Å². The van der Waals surface area contributed by atoms with Crippen LogP contribution in [0.4, 0.5) is 0 Å². The van der Waals surface area contributed by atoms with Crippen molar-refractivity contribution in [2.75, 3.05) is 6.54 Å². The van der Waals surface area contributed by atoms with E-state index in [1.165, 1.54) is 0 Å². The Labute approximate surface area is 118 Å². The molecular formula is C14H22N4O2. The number of carbonyl (C=O) groups excluding carboxylic acids is 1. The van der Waals surface area contributed by atoms with Gasteiger partial charge in [-0.3, -0.25) is 19.1 Å². The molecule has 1 aliphatic rings. The second-order valence-electron chi connectivity index (χ2n) is 5.47. The fourth-order valence-corrected chi connectivity index (χ4v) is 2.33. The Bertz CT molecular complexity index is 579. The molecule has 1 aromatic rings. The Morgan fingerprint density at radius 3 is 2.80 bits per heavy atom. The van der Waals surface area contributed by atoms with E-state index in [2.05, 4.69) is 10.3 Å². The molecule has 0 radical (unpaired) electrons. The van der Waals surface area contributed by atoms with Crippen LogP contribution in [0, 0.1) is 6.92 Å². The summed E-state index contributed by atoms with van der Waals surface area (Å²) in [6.07, 6.45) is 0.910. The molecule has 2 heterocycles. The number of aryl methyl sites for hydroxylation is 1. The lowest BCUT2D eigenvalue weighted by atomic mass is 10.2. The first-order valence-electron chi connectivity index (χ1n) is 6.99. The molecule has 0 aromatic carbocycles. The van der Waals surface area contributed by atoms with Crippen molar-refractivity contribution >= 4 is 5.91 Å². The number of carbonyl (C=O) groups is 1. The van der Waals surface area contributed by atoms with Crippen LogP contribution in [0.2, 0.25) is 0 Å². The maximum atomic E-state index is 12.1. The molecule has 1 amide bonds. The summed E-state index contributed by atoms with van der Waals surface area (Å²) in [6, 6.07) is 0.181. The summed E-state index contributed by atoms with van der Waals surface area (Å²) >= 11 is 0. The first-order valence-corrected chi connectivity index (χ1v) is 6.99. The number of amides is 1. The van der Waals surface area contributed by atoms with Gasteiger partial charge in [0.05, 0.1) is 17.8 Å². The molecule has 0 spiro atoms. The Morgan fingerprint density at radius 1 is 1.45 bits per heavy atom. The molecule has 2 rings (SSSR count). The smallest absolute Gasteiger partial charge is 0.258 e. The Hall–Kier alpha value is -1.69. The Kier molecular flexibility index (Phi) is 4.23. The maximum Gasteiger partial charge on any atom is 0.258 e. The van der Waals surface area contributed by atoms with Gasteiger partial charge in [-0.15, -0.1) is 0 Å². The van der Waals surface area contributed by atoms with E-state index in [0.717, 1.165) is 17.7 Å².